The van der Waals surface area contributed by atoms with Gasteiger partial charge in [-0.3, -0.25) is 10.1 Å². The van der Waals surface area contributed by atoms with Crippen LogP contribution < -0.4 is 10.1 Å². The highest BCUT2D eigenvalue weighted by Gasteiger charge is 2.14. The molecule has 0 aliphatic rings. The lowest BCUT2D eigenvalue weighted by Crippen LogP contribution is -2.13. The Balaban J connectivity index is 1.59. The molecule has 0 bridgehead atoms. The predicted octanol–water partition coefficient (Wildman–Crippen LogP) is 4.76. The zero-order valence-corrected chi connectivity index (χ0v) is 15.9. The van der Waals surface area contributed by atoms with E-state index in [1.54, 1.807) is 22.7 Å². The number of carbonyl (C=O) groups excluding carboxylic acids is 1. The standard InChI is InChI=1S/C19H15ClN4O2S/c1-2-26-15-5-3-4-13(10-15)17(25)21-18-22-19-24(23-18)16(11-27-19)12-6-8-14(20)9-7-12/h3-11H,2H2,1H3,(H,21,23,25). The number of thiazole rings is 1. The fourth-order valence-corrected chi connectivity index (χ4v) is 3.58. The summed E-state index contributed by atoms with van der Waals surface area (Å²) in [5.74, 6) is 0.612. The van der Waals surface area contributed by atoms with Gasteiger partial charge in [-0.1, -0.05) is 29.8 Å². The van der Waals surface area contributed by atoms with Gasteiger partial charge in [0.05, 0.1) is 12.3 Å². The fourth-order valence-electron chi connectivity index (χ4n) is 2.62. The molecule has 2 aromatic carbocycles. The quantitative estimate of drug-likeness (QED) is 0.526. The Morgan fingerprint density at radius 2 is 2.07 bits per heavy atom. The third-order valence-electron chi connectivity index (χ3n) is 3.85. The predicted molar refractivity (Wildman–Crippen MR) is 107 cm³/mol. The number of rotatable bonds is 5. The Bertz CT molecular complexity index is 1100. The first-order chi connectivity index (χ1) is 13.1. The first kappa shape index (κ1) is 17.5. The third-order valence-corrected chi connectivity index (χ3v) is 4.92. The van der Waals surface area contributed by atoms with Crippen molar-refractivity contribution in [3.05, 3.63) is 64.5 Å². The van der Waals surface area contributed by atoms with Crippen molar-refractivity contribution in [2.75, 3.05) is 11.9 Å². The second-order valence-electron chi connectivity index (χ2n) is 5.67. The Morgan fingerprint density at radius 1 is 1.26 bits per heavy atom. The summed E-state index contributed by atoms with van der Waals surface area (Å²) < 4.78 is 7.14. The minimum absolute atomic E-state index is 0.254. The number of fused-ring (bicyclic) bond motifs is 1. The Labute approximate surface area is 164 Å². The van der Waals surface area contributed by atoms with E-state index in [4.69, 9.17) is 16.3 Å². The van der Waals surface area contributed by atoms with E-state index in [0.29, 0.717) is 27.9 Å². The highest BCUT2D eigenvalue weighted by molar-refractivity contribution is 7.15. The summed E-state index contributed by atoms with van der Waals surface area (Å²) in [6.07, 6.45) is 0. The summed E-state index contributed by atoms with van der Waals surface area (Å²) >= 11 is 7.40. The summed E-state index contributed by atoms with van der Waals surface area (Å²) in [5.41, 5.74) is 2.34. The molecule has 0 radical (unpaired) electrons. The van der Waals surface area contributed by atoms with Gasteiger partial charge in [-0.2, -0.15) is 4.98 Å². The van der Waals surface area contributed by atoms with E-state index in [0.717, 1.165) is 11.3 Å². The molecule has 0 saturated carbocycles. The van der Waals surface area contributed by atoms with Crippen LogP contribution >= 0.6 is 22.9 Å². The number of anilines is 1. The van der Waals surface area contributed by atoms with Crippen molar-refractivity contribution in [2.24, 2.45) is 0 Å². The summed E-state index contributed by atoms with van der Waals surface area (Å²) in [5, 5.41) is 9.79. The van der Waals surface area contributed by atoms with Crippen molar-refractivity contribution >= 4 is 39.8 Å². The number of benzene rings is 2. The molecule has 2 heterocycles. The van der Waals surface area contributed by atoms with Crippen LogP contribution in [0.3, 0.4) is 0 Å². The molecular formula is C19H15ClN4O2S. The number of nitrogens with zero attached hydrogens (tertiary/aromatic N) is 3. The summed E-state index contributed by atoms with van der Waals surface area (Å²) in [6, 6.07) is 14.5. The minimum Gasteiger partial charge on any atom is -0.494 e. The summed E-state index contributed by atoms with van der Waals surface area (Å²) in [4.78, 5) is 17.6. The first-order valence-corrected chi connectivity index (χ1v) is 9.54. The van der Waals surface area contributed by atoms with Crippen LogP contribution in [0, 0.1) is 0 Å². The van der Waals surface area contributed by atoms with Gasteiger partial charge in [-0.05, 0) is 37.3 Å². The molecule has 0 aliphatic heterocycles. The molecule has 8 heteroatoms. The van der Waals surface area contributed by atoms with Gasteiger partial charge < -0.3 is 4.74 Å². The van der Waals surface area contributed by atoms with Crippen LogP contribution in [0.5, 0.6) is 5.75 Å². The van der Waals surface area contributed by atoms with E-state index in [9.17, 15) is 4.79 Å². The molecule has 136 valence electrons. The normalized spacial score (nSPS) is 10.9. The van der Waals surface area contributed by atoms with Crippen molar-refractivity contribution in [3.8, 4) is 17.0 Å². The molecule has 4 rings (SSSR count). The number of hydrogen-bond acceptors (Lipinski definition) is 5. The van der Waals surface area contributed by atoms with Gasteiger partial charge in [0.15, 0.2) is 0 Å². The lowest BCUT2D eigenvalue weighted by molar-refractivity contribution is 0.102. The number of carbonyl (C=O) groups is 1. The second-order valence-corrected chi connectivity index (χ2v) is 6.95. The van der Waals surface area contributed by atoms with Gasteiger partial charge in [-0.25, -0.2) is 4.52 Å². The molecule has 0 aliphatic carbocycles. The highest BCUT2D eigenvalue weighted by atomic mass is 35.5. The third kappa shape index (κ3) is 3.65. The molecule has 0 saturated heterocycles. The molecule has 27 heavy (non-hydrogen) atoms. The zero-order valence-electron chi connectivity index (χ0n) is 14.3. The van der Waals surface area contributed by atoms with Gasteiger partial charge >= 0.3 is 0 Å². The topological polar surface area (TPSA) is 68.5 Å². The van der Waals surface area contributed by atoms with E-state index in [2.05, 4.69) is 15.4 Å². The molecule has 1 N–H and O–H groups in total. The lowest BCUT2D eigenvalue weighted by Gasteiger charge is -2.05. The van der Waals surface area contributed by atoms with Gasteiger partial charge in [0, 0.05) is 21.5 Å². The van der Waals surface area contributed by atoms with Crippen LogP contribution in [-0.2, 0) is 0 Å². The van der Waals surface area contributed by atoms with Gasteiger partial charge in [0.2, 0.25) is 4.96 Å². The van der Waals surface area contributed by atoms with Crippen LogP contribution in [0.15, 0.2) is 53.9 Å². The lowest BCUT2D eigenvalue weighted by atomic mass is 10.2. The maximum absolute atomic E-state index is 12.5. The molecule has 4 aromatic rings. The van der Waals surface area contributed by atoms with E-state index in [-0.39, 0.29) is 11.9 Å². The molecule has 0 spiro atoms. The number of hydrogen-bond donors (Lipinski definition) is 1. The maximum Gasteiger partial charge on any atom is 0.258 e. The average molecular weight is 399 g/mol. The molecule has 0 atom stereocenters. The number of aromatic nitrogens is 3. The molecule has 0 fully saturated rings. The fraction of sp³-hybridized carbons (Fsp3) is 0.105. The first-order valence-electron chi connectivity index (χ1n) is 8.28. The molecular weight excluding hydrogens is 384 g/mol. The van der Waals surface area contributed by atoms with Crippen LogP contribution in [-0.4, -0.2) is 27.1 Å². The van der Waals surface area contributed by atoms with Crippen molar-refractivity contribution in [1.82, 2.24) is 14.6 Å². The Morgan fingerprint density at radius 3 is 2.85 bits per heavy atom. The van der Waals surface area contributed by atoms with Crippen molar-refractivity contribution in [1.29, 1.82) is 0 Å². The maximum atomic E-state index is 12.5. The smallest absolute Gasteiger partial charge is 0.258 e. The van der Waals surface area contributed by atoms with Gasteiger partial charge in [-0.15, -0.1) is 16.4 Å². The van der Waals surface area contributed by atoms with Crippen molar-refractivity contribution in [2.45, 2.75) is 6.92 Å². The van der Waals surface area contributed by atoms with Crippen LogP contribution in [0.2, 0.25) is 5.02 Å². The average Bonchev–Trinajstić information content (AvgIpc) is 3.23. The van der Waals surface area contributed by atoms with Crippen LogP contribution in [0.25, 0.3) is 16.2 Å². The monoisotopic (exact) mass is 398 g/mol. The van der Waals surface area contributed by atoms with E-state index < -0.39 is 0 Å². The molecule has 6 nitrogen and oxygen atoms in total. The molecule has 1 amide bonds. The number of nitrogens with one attached hydrogen (secondary N) is 1. The molecule has 2 aromatic heterocycles. The molecule has 0 unspecified atom stereocenters. The summed E-state index contributed by atoms with van der Waals surface area (Å²) in [6.45, 7) is 2.43. The largest absolute Gasteiger partial charge is 0.494 e. The van der Waals surface area contributed by atoms with E-state index in [1.165, 1.54) is 11.3 Å². The SMILES string of the molecule is CCOc1cccc(C(=O)Nc2nc3scc(-c4ccc(Cl)cc4)n3n2)c1. The number of ether oxygens (including phenoxy) is 1. The van der Waals surface area contributed by atoms with Crippen LogP contribution in [0.4, 0.5) is 5.95 Å². The van der Waals surface area contributed by atoms with Crippen molar-refractivity contribution < 1.29 is 9.53 Å². The van der Waals surface area contributed by atoms with Gasteiger partial charge in [0.25, 0.3) is 11.9 Å². The van der Waals surface area contributed by atoms with E-state index in [1.807, 2.05) is 42.6 Å². The number of halogens is 1. The Kier molecular flexibility index (Phi) is 4.79. The summed E-state index contributed by atoms with van der Waals surface area (Å²) in [7, 11) is 0. The van der Waals surface area contributed by atoms with Crippen molar-refractivity contribution in [3.63, 3.8) is 0 Å². The zero-order chi connectivity index (χ0) is 18.8. The second kappa shape index (κ2) is 7.38. The van der Waals surface area contributed by atoms with E-state index >= 15 is 0 Å². The van der Waals surface area contributed by atoms with Gasteiger partial charge in [0.1, 0.15) is 5.75 Å². The highest BCUT2D eigenvalue weighted by Crippen LogP contribution is 2.27. The van der Waals surface area contributed by atoms with Crippen LogP contribution in [0.1, 0.15) is 17.3 Å². The minimum atomic E-state index is -0.289. The number of amides is 1. The Hall–Kier alpha value is -2.90.